The van der Waals surface area contributed by atoms with E-state index >= 15 is 0 Å². The Morgan fingerprint density at radius 3 is 2.73 bits per heavy atom. The van der Waals surface area contributed by atoms with Gasteiger partial charge in [-0.3, -0.25) is 4.79 Å². The van der Waals surface area contributed by atoms with Crippen LogP contribution in [0.25, 0.3) is 11.3 Å². The highest BCUT2D eigenvalue weighted by atomic mass is 16.5. The molecule has 134 valence electrons. The van der Waals surface area contributed by atoms with E-state index in [9.17, 15) is 9.90 Å². The lowest BCUT2D eigenvalue weighted by Crippen LogP contribution is -2.43. The standard InChI is InChI=1S/C18H18N4O4/c1-10(23)17-20-21-18(25-17)12-7-13(8-12)19-16(24)14-9-15(26-22-14)11-5-3-2-4-6-11/h2-6,9-10,12-13,23H,7-8H2,1H3,(H,19,24)/t10-,12?,13?/m1/s1. The molecule has 8 nitrogen and oxygen atoms in total. The SMILES string of the molecule is C[C@@H](O)c1nnc(C2CC(NC(=O)c3cc(-c4ccccc4)on3)C2)o1. The Labute approximate surface area is 149 Å². The van der Waals surface area contributed by atoms with Crippen LogP contribution in [0.15, 0.2) is 45.3 Å². The summed E-state index contributed by atoms with van der Waals surface area (Å²) < 4.78 is 10.7. The number of aliphatic hydroxyl groups excluding tert-OH is 1. The predicted octanol–water partition coefficient (Wildman–Crippen LogP) is 2.45. The first-order valence-electron chi connectivity index (χ1n) is 8.44. The second kappa shape index (κ2) is 6.72. The highest BCUT2D eigenvalue weighted by Crippen LogP contribution is 2.36. The van der Waals surface area contributed by atoms with Crippen molar-refractivity contribution in [3.05, 3.63) is 53.9 Å². The first kappa shape index (κ1) is 16.5. The summed E-state index contributed by atoms with van der Waals surface area (Å²) in [5.74, 6) is 1.09. The zero-order chi connectivity index (χ0) is 18.1. The summed E-state index contributed by atoms with van der Waals surface area (Å²) in [5.41, 5.74) is 1.12. The fourth-order valence-corrected chi connectivity index (χ4v) is 2.90. The Kier molecular flexibility index (Phi) is 4.26. The number of amides is 1. The predicted molar refractivity (Wildman–Crippen MR) is 90.1 cm³/mol. The van der Waals surface area contributed by atoms with Crippen molar-refractivity contribution in [2.24, 2.45) is 0 Å². The van der Waals surface area contributed by atoms with Crippen LogP contribution in [0.3, 0.4) is 0 Å². The first-order chi connectivity index (χ1) is 12.6. The van der Waals surface area contributed by atoms with Gasteiger partial charge in [-0.2, -0.15) is 0 Å². The minimum atomic E-state index is -0.780. The van der Waals surface area contributed by atoms with Crippen molar-refractivity contribution in [2.75, 3.05) is 0 Å². The molecule has 0 radical (unpaired) electrons. The van der Waals surface area contributed by atoms with E-state index in [1.807, 2.05) is 30.3 Å². The molecule has 4 rings (SSSR count). The molecule has 2 heterocycles. The third kappa shape index (κ3) is 3.23. The molecule has 0 unspecified atom stereocenters. The molecular formula is C18H18N4O4. The molecule has 0 saturated heterocycles. The minimum Gasteiger partial charge on any atom is -0.422 e. The van der Waals surface area contributed by atoms with Crippen molar-refractivity contribution in [3.8, 4) is 11.3 Å². The van der Waals surface area contributed by atoms with Gasteiger partial charge in [0, 0.05) is 23.6 Å². The van der Waals surface area contributed by atoms with Gasteiger partial charge in [0.2, 0.25) is 11.8 Å². The molecule has 1 aliphatic rings. The maximum Gasteiger partial charge on any atom is 0.273 e. The van der Waals surface area contributed by atoms with Crippen molar-refractivity contribution >= 4 is 5.91 Å². The van der Waals surface area contributed by atoms with Crippen LogP contribution in [0, 0.1) is 0 Å². The Bertz CT molecular complexity index is 897. The van der Waals surface area contributed by atoms with Crippen LogP contribution in [-0.2, 0) is 0 Å². The molecule has 0 aliphatic heterocycles. The normalized spacial score (nSPS) is 20.4. The van der Waals surface area contributed by atoms with Crippen LogP contribution in [0.5, 0.6) is 0 Å². The molecule has 1 saturated carbocycles. The second-order valence-electron chi connectivity index (χ2n) is 6.44. The van der Waals surface area contributed by atoms with Crippen LogP contribution < -0.4 is 5.32 Å². The molecule has 8 heteroatoms. The average Bonchev–Trinajstić information content (AvgIpc) is 3.28. The number of hydrogen-bond donors (Lipinski definition) is 2. The quantitative estimate of drug-likeness (QED) is 0.723. The molecule has 1 aliphatic carbocycles. The average molecular weight is 354 g/mol. The largest absolute Gasteiger partial charge is 0.422 e. The number of nitrogens with zero attached hydrogens (tertiary/aromatic N) is 3. The number of hydrogen-bond acceptors (Lipinski definition) is 7. The van der Waals surface area contributed by atoms with Crippen LogP contribution in [0.1, 0.15) is 54.1 Å². The van der Waals surface area contributed by atoms with Crippen LogP contribution >= 0.6 is 0 Å². The van der Waals surface area contributed by atoms with Crippen LogP contribution in [-0.4, -0.2) is 32.4 Å². The summed E-state index contributed by atoms with van der Waals surface area (Å²) in [6.45, 7) is 1.57. The van der Waals surface area contributed by atoms with E-state index in [1.165, 1.54) is 0 Å². The van der Waals surface area contributed by atoms with Crippen LogP contribution in [0.2, 0.25) is 0 Å². The third-order valence-electron chi connectivity index (χ3n) is 4.44. The Morgan fingerprint density at radius 1 is 1.27 bits per heavy atom. The van der Waals surface area contributed by atoms with Gasteiger partial charge in [0.25, 0.3) is 5.91 Å². The Morgan fingerprint density at radius 2 is 2.04 bits per heavy atom. The topological polar surface area (TPSA) is 114 Å². The van der Waals surface area contributed by atoms with E-state index in [4.69, 9.17) is 8.94 Å². The minimum absolute atomic E-state index is 0.0197. The molecule has 3 aromatic rings. The summed E-state index contributed by atoms with van der Waals surface area (Å²) in [5, 5.41) is 24.0. The summed E-state index contributed by atoms with van der Waals surface area (Å²) in [4.78, 5) is 12.3. The smallest absolute Gasteiger partial charge is 0.273 e. The number of aromatic nitrogens is 3. The fourth-order valence-electron chi connectivity index (χ4n) is 2.90. The highest BCUT2D eigenvalue weighted by molar-refractivity contribution is 5.93. The third-order valence-corrected chi connectivity index (χ3v) is 4.44. The van der Waals surface area contributed by atoms with Crippen molar-refractivity contribution in [3.63, 3.8) is 0 Å². The van der Waals surface area contributed by atoms with E-state index in [0.717, 1.165) is 5.56 Å². The Hall–Kier alpha value is -3.00. The van der Waals surface area contributed by atoms with Gasteiger partial charge < -0.3 is 19.4 Å². The van der Waals surface area contributed by atoms with Crippen molar-refractivity contribution in [1.29, 1.82) is 0 Å². The summed E-state index contributed by atoms with van der Waals surface area (Å²) in [7, 11) is 0. The number of nitrogens with one attached hydrogen (secondary N) is 1. The number of benzene rings is 1. The summed E-state index contributed by atoms with van der Waals surface area (Å²) in [6, 6.07) is 11.1. The highest BCUT2D eigenvalue weighted by Gasteiger charge is 2.36. The zero-order valence-corrected chi connectivity index (χ0v) is 14.1. The van der Waals surface area contributed by atoms with Gasteiger partial charge in [0.15, 0.2) is 11.5 Å². The van der Waals surface area contributed by atoms with Gasteiger partial charge in [0.1, 0.15) is 6.10 Å². The molecule has 26 heavy (non-hydrogen) atoms. The molecule has 2 N–H and O–H groups in total. The zero-order valence-electron chi connectivity index (χ0n) is 14.1. The summed E-state index contributed by atoms with van der Waals surface area (Å²) >= 11 is 0. The summed E-state index contributed by atoms with van der Waals surface area (Å²) in [6.07, 6.45) is 0.630. The molecule has 0 spiro atoms. The molecule has 1 aromatic carbocycles. The Balaban J connectivity index is 1.33. The van der Waals surface area contributed by atoms with Gasteiger partial charge in [-0.25, -0.2) is 0 Å². The van der Waals surface area contributed by atoms with E-state index < -0.39 is 6.10 Å². The van der Waals surface area contributed by atoms with Crippen LogP contribution in [0.4, 0.5) is 0 Å². The van der Waals surface area contributed by atoms with Gasteiger partial charge >= 0.3 is 0 Å². The van der Waals surface area contributed by atoms with Gasteiger partial charge in [0.05, 0.1) is 0 Å². The fraction of sp³-hybridized carbons (Fsp3) is 0.333. The molecule has 1 amide bonds. The molecular weight excluding hydrogens is 336 g/mol. The molecule has 0 bridgehead atoms. The van der Waals surface area contributed by atoms with E-state index in [0.29, 0.717) is 24.5 Å². The van der Waals surface area contributed by atoms with E-state index in [2.05, 4.69) is 20.7 Å². The van der Waals surface area contributed by atoms with E-state index in [1.54, 1.807) is 13.0 Å². The monoisotopic (exact) mass is 354 g/mol. The van der Waals surface area contributed by atoms with E-state index in [-0.39, 0.29) is 29.5 Å². The van der Waals surface area contributed by atoms with Gasteiger partial charge in [-0.05, 0) is 19.8 Å². The van der Waals surface area contributed by atoms with Gasteiger partial charge in [-0.1, -0.05) is 35.5 Å². The lowest BCUT2D eigenvalue weighted by atomic mass is 9.80. The molecule has 1 fully saturated rings. The van der Waals surface area contributed by atoms with Crippen molar-refractivity contribution in [1.82, 2.24) is 20.7 Å². The first-order valence-corrected chi connectivity index (χ1v) is 8.44. The lowest BCUT2D eigenvalue weighted by Gasteiger charge is -2.33. The molecule has 2 aromatic heterocycles. The van der Waals surface area contributed by atoms with Crippen molar-refractivity contribution < 1.29 is 18.8 Å². The maximum absolute atomic E-state index is 12.3. The maximum atomic E-state index is 12.3. The number of aliphatic hydroxyl groups is 1. The van der Waals surface area contributed by atoms with Crippen molar-refractivity contribution in [2.45, 2.75) is 37.8 Å². The second-order valence-corrected chi connectivity index (χ2v) is 6.44. The molecule has 1 atom stereocenters. The number of rotatable bonds is 5. The number of carbonyl (C=O) groups excluding carboxylic acids is 1. The lowest BCUT2D eigenvalue weighted by molar-refractivity contribution is 0.0892. The number of carbonyl (C=O) groups is 1. The van der Waals surface area contributed by atoms with Gasteiger partial charge in [-0.15, -0.1) is 10.2 Å².